The van der Waals surface area contributed by atoms with Gasteiger partial charge in [0.15, 0.2) is 5.84 Å². The zero-order valence-corrected chi connectivity index (χ0v) is 11.2. The molecule has 6 heteroatoms. The first kappa shape index (κ1) is 14.4. The van der Waals surface area contributed by atoms with Crippen molar-refractivity contribution in [3.8, 4) is 0 Å². The number of carbonyl (C=O) groups is 1. The molecule has 0 aliphatic carbocycles. The van der Waals surface area contributed by atoms with Crippen LogP contribution in [0.25, 0.3) is 0 Å². The van der Waals surface area contributed by atoms with E-state index in [4.69, 9.17) is 10.9 Å². The molecule has 0 saturated heterocycles. The highest BCUT2D eigenvalue weighted by Gasteiger charge is 2.14. The number of thioether (sulfide) groups is 1. The molecule has 0 fully saturated rings. The summed E-state index contributed by atoms with van der Waals surface area (Å²) in [5.74, 6) is 0.545. The van der Waals surface area contributed by atoms with E-state index >= 15 is 0 Å². The van der Waals surface area contributed by atoms with Crippen LogP contribution < -0.4 is 11.1 Å². The van der Waals surface area contributed by atoms with Crippen molar-refractivity contribution < 1.29 is 10.0 Å². The van der Waals surface area contributed by atoms with Gasteiger partial charge in [-0.1, -0.05) is 24.2 Å². The molecule has 18 heavy (non-hydrogen) atoms. The van der Waals surface area contributed by atoms with Crippen LogP contribution in [0.15, 0.2) is 29.4 Å². The minimum absolute atomic E-state index is 0.0246. The van der Waals surface area contributed by atoms with Crippen molar-refractivity contribution in [2.24, 2.45) is 16.8 Å². The third kappa shape index (κ3) is 3.66. The summed E-state index contributed by atoms with van der Waals surface area (Å²) < 4.78 is 0. The van der Waals surface area contributed by atoms with Gasteiger partial charge in [-0.15, -0.1) is 0 Å². The van der Waals surface area contributed by atoms with Crippen molar-refractivity contribution >= 4 is 29.2 Å². The maximum atomic E-state index is 11.9. The van der Waals surface area contributed by atoms with Crippen molar-refractivity contribution in [2.45, 2.75) is 6.92 Å². The van der Waals surface area contributed by atoms with E-state index in [1.165, 1.54) is 0 Å². The zero-order valence-electron chi connectivity index (χ0n) is 10.4. The molecule has 0 radical (unpaired) electrons. The Bertz CT molecular complexity index is 449. The molecule has 0 aliphatic rings. The zero-order chi connectivity index (χ0) is 13.5. The summed E-state index contributed by atoms with van der Waals surface area (Å²) in [7, 11) is 0. The molecule has 5 nitrogen and oxygen atoms in total. The van der Waals surface area contributed by atoms with Crippen LogP contribution in [0.1, 0.15) is 12.5 Å². The summed E-state index contributed by atoms with van der Waals surface area (Å²) in [6, 6.07) is 6.94. The topological polar surface area (TPSA) is 87.7 Å². The number of nitrogens with one attached hydrogen (secondary N) is 1. The van der Waals surface area contributed by atoms with Gasteiger partial charge in [-0.25, -0.2) is 0 Å². The van der Waals surface area contributed by atoms with E-state index < -0.39 is 0 Å². The van der Waals surface area contributed by atoms with Gasteiger partial charge in [0.2, 0.25) is 5.91 Å². The van der Waals surface area contributed by atoms with Crippen LogP contribution >= 0.6 is 11.8 Å². The van der Waals surface area contributed by atoms with Gasteiger partial charge >= 0.3 is 0 Å². The second-order valence-electron chi connectivity index (χ2n) is 3.88. The van der Waals surface area contributed by atoms with Crippen LogP contribution in [0.4, 0.5) is 5.69 Å². The minimum Gasteiger partial charge on any atom is -0.409 e. The molecule has 1 aromatic rings. The van der Waals surface area contributed by atoms with Crippen molar-refractivity contribution in [1.29, 1.82) is 0 Å². The predicted octanol–water partition coefficient (Wildman–Crippen LogP) is 1.72. The van der Waals surface area contributed by atoms with Crippen molar-refractivity contribution in [2.75, 3.05) is 17.3 Å². The highest BCUT2D eigenvalue weighted by Crippen LogP contribution is 2.16. The third-order valence-electron chi connectivity index (χ3n) is 2.43. The van der Waals surface area contributed by atoms with Crippen LogP contribution in [0.3, 0.4) is 0 Å². The standard InChI is InChI=1S/C12H17N3O2S/c1-8(7-18-2)12(16)14-10-6-4-3-5-9(10)11(13)15-17/h3-6,8,17H,7H2,1-2H3,(H2,13,15)(H,14,16). The average Bonchev–Trinajstić information content (AvgIpc) is 2.38. The number of carbonyl (C=O) groups excluding carboxylic acids is 1. The SMILES string of the molecule is CSCC(C)C(=O)Nc1ccccc1/C(N)=N/O. The van der Waals surface area contributed by atoms with Gasteiger partial charge in [-0.2, -0.15) is 11.8 Å². The van der Waals surface area contributed by atoms with Crippen molar-refractivity contribution in [3.63, 3.8) is 0 Å². The van der Waals surface area contributed by atoms with E-state index in [0.717, 1.165) is 5.75 Å². The Kier molecular flexibility index (Phi) is 5.51. The number of benzene rings is 1. The molecular formula is C12H17N3O2S. The Balaban J connectivity index is 2.88. The monoisotopic (exact) mass is 267 g/mol. The predicted molar refractivity (Wildman–Crippen MR) is 75.1 cm³/mol. The molecule has 0 heterocycles. The first-order valence-electron chi connectivity index (χ1n) is 5.46. The van der Waals surface area contributed by atoms with Crippen molar-refractivity contribution in [1.82, 2.24) is 0 Å². The van der Waals surface area contributed by atoms with Crippen LogP contribution in [-0.2, 0) is 4.79 Å². The molecule has 1 aromatic carbocycles. The number of anilines is 1. The quantitative estimate of drug-likeness (QED) is 0.328. The average molecular weight is 267 g/mol. The first-order chi connectivity index (χ1) is 8.60. The number of nitrogens with zero attached hydrogens (tertiary/aromatic N) is 1. The Labute approximate surface area is 110 Å². The number of hydrogen-bond donors (Lipinski definition) is 3. The number of amidine groups is 1. The fourth-order valence-corrected chi connectivity index (χ4v) is 2.10. The lowest BCUT2D eigenvalue weighted by atomic mass is 10.1. The maximum absolute atomic E-state index is 11.9. The lowest BCUT2D eigenvalue weighted by Gasteiger charge is -2.13. The van der Waals surface area contributed by atoms with E-state index in [-0.39, 0.29) is 17.7 Å². The molecule has 1 rings (SSSR count). The first-order valence-corrected chi connectivity index (χ1v) is 6.86. The molecule has 0 aliphatic heterocycles. The van der Waals surface area contributed by atoms with E-state index in [0.29, 0.717) is 11.3 Å². The van der Waals surface area contributed by atoms with Crippen LogP contribution in [-0.4, -0.2) is 29.0 Å². The highest BCUT2D eigenvalue weighted by atomic mass is 32.2. The van der Waals surface area contributed by atoms with Gasteiger partial charge in [0.25, 0.3) is 0 Å². The third-order valence-corrected chi connectivity index (χ3v) is 3.27. The van der Waals surface area contributed by atoms with Gasteiger partial charge in [-0.05, 0) is 18.4 Å². The molecule has 4 N–H and O–H groups in total. The van der Waals surface area contributed by atoms with Gasteiger partial charge in [0.05, 0.1) is 5.69 Å². The number of rotatable bonds is 5. The number of amides is 1. The van der Waals surface area contributed by atoms with E-state index in [1.54, 1.807) is 36.0 Å². The molecule has 0 saturated carbocycles. The van der Waals surface area contributed by atoms with Crippen molar-refractivity contribution in [3.05, 3.63) is 29.8 Å². The molecule has 1 amide bonds. The van der Waals surface area contributed by atoms with Gasteiger partial charge in [0, 0.05) is 17.2 Å². The van der Waals surface area contributed by atoms with Gasteiger partial charge in [0.1, 0.15) is 0 Å². The normalized spacial score (nSPS) is 13.1. The summed E-state index contributed by atoms with van der Waals surface area (Å²) in [6.45, 7) is 1.86. The summed E-state index contributed by atoms with van der Waals surface area (Å²) >= 11 is 1.61. The van der Waals surface area contributed by atoms with E-state index in [9.17, 15) is 4.79 Å². The molecule has 98 valence electrons. The largest absolute Gasteiger partial charge is 0.409 e. The molecule has 0 aromatic heterocycles. The minimum atomic E-state index is -0.0969. The molecule has 0 bridgehead atoms. The summed E-state index contributed by atoms with van der Waals surface area (Å²) in [4.78, 5) is 11.9. The molecule has 0 spiro atoms. The summed E-state index contributed by atoms with van der Waals surface area (Å²) in [5.41, 5.74) is 6.60. The Morgan fingerprint density at radius 2 is 2.22 bits per heavy atom. The Hall–Kier alpha value is -1.69. The Morgan fingerprint density at radius 1 is 1.56 bits per heavy atom. The molecule has 1 unspecified atom stereocenters. The van der Waals surface area contributed by atoms with E-state index in [1.807, 2.05) is 13.2 Å². The van der Waals surface area contributed by atoms with Gasteiger partial charge < -0.3 is 16.3 Å². The lowest BCUT2D eigenvalue weighted by molar-refractivity contribution is -0.118. The number of oxime groups is 1. The van der Waals surface area contributed by atoms with Crippen LogP contribution in [0.5, 0.6) is 0 Å². The molecule has 1 atom stereocenters. The fraction of sp³-hybridized carbons (Fsp3) is 0.333. The summed E-state index contributed by atoms with van der Waals surface area (Å²) in [6.07, 6.45) is 1.95. The number of para-hydroxylation sites is 1. The van der Waals surface area contributed by atoms with Crippen LogP contribution in [0, 0.1) is 5.92 Å². The Morgan fingerprint density at radius 3 is 2.83 bits per heavy atom. The second kappa shape index (κ2) is 6.90. The second-order valence-corrected chi connectivity index (χ2v) is 4.79. The summed E-state index contributed by atoms with van der Waals surface area (Å²) in [5, 5.41) is 14.4. The van der Waals surface area contributed by atoms with Crippen LogP contribution in [0.2, 0.25) is 0 Å². The highest BCUT2D eigenvalue weighted by molar-refractivity contribution is 7.98. The van der Waals surface area contributed by atoms with Gasteiger partial charge in [-0.3, -0.25) is 4.79 Å². The number of nitrogens with two attached hydrogens (primary N) is 1. The molecular weight excluding hydrogens is 250 g/mol. The fourth-order valence-electron chi connectivity index (χ4n) is 1.45. The smallest absolute Gasteiger partial charge is 0.228 e. The van der Waals surface area contributed by atoms with E-state index in [2.05, 4.69) is 10.5 Å². The maximum Gasteiger partial charge on any atom is 0.228 e. The lowest BCUT2D eigenvalue weighted by Crippen LogP contribution is -2.24. The number of hydrogen-bond acceptors (Lipinski definition) is 4.